The number of ether oxygens (including phenoxy) is 2. The summed E-state index contributed by atoms with van der Waals surface area (Å²) in [6.07, 6.45) is 6.17. The van der Waals surface area contributed by atoms with Crippen LogP contribution in [0.25, 0.3) is 0 Å². The van der Waals surface area contributed by atoms with Gasteiger partial charge in [-0.3, -0.25) is 4.79 Å². The van der Waals surface area contributed by atoms with Gasteiger partial charge in [-0.25, -0.2) is 4.79 Å². The summed E-state index contributed by atoms with van der Waals surface area (Å²) in [7, 11) is 3.11. The van der Waals surface area contributed by atoms with Crippen LogP contribution >= 0.6 is 0 Å². The highest BCUT2D eigenvalue weighted by molar-refractivity contribution is 6.01. The minimum atomic E-state index is -0.454. The first kappa shape index (κ1) is 22.7. The van der Waals surface area contributed by atoms with Crippen molar-refractivity contribution in [2.75, 3.05) is 14.2 Å². The smallest absolute Gasteiger partial charge is 0.354 e. The van der Waals surface area contributed by atoms with Crippen molar-refractivity contribution >= 4 is 11.9 Å². The van der Waals surface area contributed by atoms with E-state index >= 15 is 0 Å². The van der Waals surface area contributed by atoms with Crippen LogP contribution in [0.15, 0.2) is 59.8 Å². The van der Waals surface area contributed by atoms with Crippen molar-refractivity contribution in [1.29, 1.82) is 0 Å². The predicted molar refractivity (Wildman–Crippen MR) is 131 cm³/mol. The lowest BCUT2D eigenvalue weighted by atomic mass is 9.55. The Labute approximate surface area is 201 Å². The minimum Gasteiger partial charge on any atom is -0.497 e. The number of aryl methyl sites for hydroxylation is 1. The van der Waals surface area contributed by atoms with Gasteiger partial charge in [0, 0.05) is 5.56 Å². The topological polar surface area (TPSA) is 64.6 Å². The number of esters is 1. The Bertz CT molecular complexity index is 1140. The van der Waals surface area contributed by atoms with Crippen LogP contribution in [-0.2, 0) is 16.0 Å². The molecule has 2 aromatic carbocycles. The zero-order valence-corrected chi connectivity index (χ0v) is 20.2. The summed E-state index contributed by atoms with van der Waals surface area (Å²) >= 11 is 0. The Morgan fingerprint density at radius 3 is 2.53 bits per heavy atom. The van der Waals surface area contributed by atoms with Gasteiger partial charge in [-0.2, -0.15) is 0 Å². The third kappa shape index (κ3) is 3.71. The van der Waals surface area contributed by atoms with E-state index in [0.29, 0.717) is 29.0 Å². The molecule has 2 aromatic rings. The highest BCUT2D eigenvalue weighted by atomic mass is 16.5. The zero-order valence-electron chi connectivity index (χ0n) is 20.2. The Kier molecular flexibility index (Phi) is 5.97. The molecule has 5 heteroatoms. The fraction of sp³-hybridized carbons (Fsp3) is 0.448. The lowest BCUT2D eigenvalue weighted by molar-refractivity contribution is -0.136. The molecule has 0 bridgehead atoms. The molecule has 0 aliphatic heterocycles. The highest BCUT2D eigenvalue weighted by Gasteiger charge is 2.54. The first-order valence-corrected chi connectivity index (χ1v) is 12.3. The fourth-order valence-electron chi connectivity index (χ4n) is 7.04. The molecule has 2 saturated carbocycles. The van der Waals surface area contributed by atoms with Crippen LogP contribution in [0.1, 0.15) is 66.4 Å². The molecule has 0 heterocycles. The van der Waals surface area contributed by atoms with E-state index in [0.717, 1.165) is 49.8 Å². The number of hydrogen-bond acceptors (Lipinski definition) is 4. The quantitative estimate of drug-likeness (QED) is 0.491. The van der Waals surface area contributed by atoms with Crippen molar-refractivity contribution in [3.8, 4) is 5.75 Å². The van der Waals surface area contributed by atoms with E-state index in [-0.39, 0.29) is 11.3 Å². The number of benzene rings is 2. The van der Waals surface area contributed by atoms with E-state index in [1.807, 2.05) is 18.2 Å². The van der Waals surface area contributed by atoms with Crippen LogP contribution in [0, 0.1) is 17.3 Å². The van der Waals surface area contributed by atoms with Crippen LogP contribution in [0.4, 0.5) is 0 Å². The largest absolute Gasteiger partial charge is 0.497 e. The van der Waals surface area contributed by atoms with Crippen LogP contribution in [0.5, 0.6) is 5.75 Å². The number of amides is 1. The summed E-state index contributed by atoms with van der Waals surface area (Å²) in [5.41, 5.74) is 4.73. The van der Waals surface area contributed by atoms with Crippen molar-refractivity contribution in [2.45, 2.75) is 51.4 Å². The van der Waals surface area contributed by atoms with Crippen molar-refractivity contribution in [3.63, 3.8) is 0 Å². The normalized spacial score (nSPS) is 28.7. The summed E-state index contributed by atoms with van der Waals surface area (Å²) in [5, 5.41) is 2.94. The van der Waals surface area contributed by atoms with Gasteiger partial charge < -0.3 is 14.8 Å². The molecule has 34 heavy (non-hydrogen) atoms. The third-order valence-corrected chi connectivity index (χ3v) is 8.68. The predicted octanol–water partition coefficient (Wildman–Crippen LogP) is 5.41. The summed E-state index contributed by atoms with van der Waals surface area (Å²) in [6, 6.07) is 15.6. The van der Waals surface area contributed by atoms with Gasteiger partial charge in [0.05, 0.1) is 14.2 Å². The monoisotopic (exact) mass is 459 g/mol. The van der Waals surface area contributed by atoms with Gasteiger partial charge >= 0.3 is 5.97 Å². The Morgan fingerprint density at radius 1 is 1.00 bits per heavy atom. The molecule has 1 N–H and O–H groups in total. The summed E-state index contributed by atoms with van der Waals surface area (Å²) in [6.45, 7) is 2.30. The van der Waals surface area contributed by atoms with Gasteiger partial charge in [0.25, 0.3) is 5.91 Å². The third-order valence-electron chi connectivity index (χ3n) is 8.68. The number of carbonyl (C=O) groups is 2. The number of carbonyl (C=O) groups excluding carboxylic acids is 2. The number of methoxy groups -OCH3 is 2. The van der Waals surface area contributed by atoms with Gasteiger partial charge in [0.1, 0.15) is 11.4 Å². The maximum Gasteiger partial charge on any atom is 0.354 e. The Balaban J connectivity index is 1.47. The average molecular weight is 460 g/mol. The molecule has 0 spiro atoms. The molecular formula is C29H33NO4. The van der Waals surface area contributed by atoms with Crippen LogP contribution in [0.3, 0.4) is 0 Å². The highest BCUT2D eigenvalue weighted by Crippen LogP contribution is 2.63. The van der Waals surface area contributed by atoms with E-state index < -0.39 is 5.97 Å². The molecule has 178 valence electrons. The van der Waals surface area contributed by atoms with E-state index in [9.17, 15) is 9.59 Å². The summed E-state index contributed by atoms with van der Waals surface area (Å²) < 4.78 is 10.6. The fourth-order valence-corrected chi connectivity index (χ4v) is 7.04. The maximum atomic E-state index is 13.0. The molecule has 0 saturated heterocycles. The second-order valence-electron chi connectivity index (χ2n) is 10.1. The van der Waals surface area contributed by atoms with Crippen molar-refractivity contribution in [2.24, 2.45) is 17.3 Å². The first-order chi connectivity index (χ1) is 16.5. The number of nitrogens with one attached hydrogen (secondary N) is 1. The molecule has 0 radical (unpaired) electrons. The van der Waals surface area contributed by atoms with Crippen molar-refractivity contribution in [3.05, 3.63) is 76.5 Å². The first-order valence-electron chi connectivity index (χ1n) is 12.3. The molecule has 3 aliphatic rings. The molecule has 0 aromatic heterocycles. The lowest BCUT2D eigenvalue weighted by Crippen LogP contribution is -2.41. The molecular weight excluding hydrogens is 426 g/mol. The van der Waals surface area contributed by atoms with Gasteiger partial charge in [-0.05, 0) is 103 Å². The molecule has 5 rings (SSSR count). The average Bonchev–Trinajstić information content (AvgIpc) is 3.23. The summed E-state index contributed by atoms with van der Waals surface area (Å²) in [4.78, 5) is 25.8. The van der Waals surface area contributed by atoms with Crippen LogP contribution in [-0.4, -0.2) is 26.1 Å². The minimum absolute atomic E-state index is 0.112. The van der Waals surface area contributed by atoms with Crippen LogP contribution in [0.2, 0.25) is 0 Å². The second kappa shape index (κ2) is 8.94. The Morgan fingerprint density at radius 2 is 1.79 bits per heavy atom. The Hall–Kier alpha value is -3.08. The molecule has 4 atom stereocenters. The second-order valence-corrected chi connectivity index (χ2v) is 10.1. The van der Waals surface area contributed by atoms with Crippen molar-refractivity contribution in [1.82, 2.24) is 5.32 Å². The lowest BCUT2D eigenvalue weighted by Gasteiger charge is -2.49. The van der Waals surface area contributed by atoms with E-state index in [1.165, 1.54) is 18.2 Å². The summed E-state index contributed by atoms with van der Waals surface area (Å²) in [5.74, 6) is 1.83. The van der Waals surface area contributed by atoms with E-state index in [2.05, 4.69) is 30.4 Å². The van der Waals surface area contributed by atoms with Gasteiger partial charge in [0.2, 0.25) is 0 Å². The molecule has 3 aliphatic carbocycles. The van der Waals surface area contributed by atoms with E-state index in [1.54, 1.807) is 19.2 Å². The standard InChI is InChI=1S/C29H33NO4/c1-29-16-15-22-21-12-10-20(33-2)17-19(21)9-11-23(22)24(29)13-14-25(29)26(28(32)34-3)30-27(31)18-7-5-4-6-8-18/h4-8,10,12,17,22-24H,9,11,13-16H2,1-3H3,(H,30,31)/t22-,23-,24+,29+/m1/s1. The molecule has 1 amide bonds. The van der Waals surface area contributed by atoms with Gasteiger partial charge in [-0.1, -0.05) is 31.2 Å². The number of rotatable bonds is 4. The van der Waals surface area contributed by atoms with Gasteiger partial charge in [-0.15, -0.1) is 0 Å². The molecule has 2 fully saturated rings. The molecule has 0 unspecified atom stereocenters. The van der Waals surface area contributed by atoms with E-state index in [4.69, 9.17) is 9.47 Å². The number of hydrogen-bond donors (Lipinski definition) is 1. The zero-order chi connectivity index (χ0) is 23.9. The number of allylic oxidation sites excluding steroid dienone is 1. The van der Waals surface area contributed by atoms with Gasteiger partial charge in [0.15, 0.2) is 0 Å². The maximum absolute atomic E-state index is 13.0. The van der Waals surface area contributed by atoms with Crippen molar-refractivity contribution < 1.29 is 19.1 Å². The molecule has 5 nitrogen and oxygen atoms in total. The number of fused-ring (bicyclic) bond motifs is 5. The SMILES string of the molecule is COC(=O)C(NC(=O)c1ccccc1)=C1CC[C@H]2[C@@H]3CCc4cc(OC)ccc4[C@H]3CC[C@]12C. The van der Waals surface area contributed by atoms with Crippen LogP contribution < -0.4 is 10.1 Å².